The van der Waals surface area contributed by atoms with Crippen LogP contribution in [0.25, 0.3) is 0 Å². The Hall–Kier alpha value is -0.120. The molecule has 0 spiro atoms. The SMILES string of the molecule is C[C@]12CC[C@H]3[C@@H](CC[C@H]4C[C@@H](O)C[C@H](O)[C@@]43C)[C@@H]1CC[C@@H]2O. The van der Waals surface area contributed by atoms with Crippen molar-refractivity contribution in [2.24, 2.45) is 34.5 Å². The third kappa shape index (κ3) is 1.85. The minimum atomic E-state index is -0.357. The monoisotopic (exact) mass is 308 g/mol. The third-order valence-corrected chi connectivity index (χ3v) is 8.68. The maximum Gasteiger partial charge on any atom is 0.0623 e. The predicted molar refractivity (Wildman–Crippen MR) is 85.1 cm³/mol. The van der Waals surface area contributed by atoms with Crippen LogP contribution < -0.4 is 0 Å². The van der Waals surface area contributed by atoms with Crippen molar-refractivity contribution in [3.8, 4) is 0 Å². The molecule has 3 nitrogen and oxygen atoms in total. The molecule has 4 aliphatic rings. The topological polar surface area (TPSA) is 60.7 Å². The number of fused-ring (bicyclic) bond motifs is 5. The third-order valence-electron chi connectivity index (χ3n) is 8.68. The van der Waals surface area contributed by atoms with Crippen molar-refractivity contribution in [2.45, 2.75) is 83.5 Å². The molecule has 0 amide bonds. The molecule has 22 heavy (non-hydrogen) atoms. The summed E-state index contributed by atoms with van der Waals surface area (Å²) in [4.78, 5) is 0. The molecule has 3 heteroatoms. The Morgan fingerprint density at radius 1 is 0.773 bits per heavy atom. The molecule has 0 aliphatic heterocycles. The van der Waals surface area contributed by atoms with E-state index in [2.05, 4.69) is 13.8 Å². The summed E-state index contributed by atoms with van der Waals surface area (Å²) in [7, 11) is 0. The van der Waals surface area contributed by atoms with Crippen LogP contribution in [0.15, 0.2) is 0 Å². The highest BCUT2D eigenvalue weighted by atomic mass is 16.3. The van der Waals surface area contributed by atoms with Gasteiger partial charge in [0.15, 0.2) is 0 Å². The van der Waals surface area contributed by atoms with Gasteiger partial charge in [0.1, 0.15) is 0 Å². The van der Waals surface area contributed by atoms with Crippen molar-refractivity contribution >= 4 is 0 Å². The smallest absolute Gasteiger partial charge is 0.0623 e. The summed E-state index contributed by atoms with van der Waals surface area (Å²) in [5.74, 6) is 2.36. The van der Waals surface area contributed by atoms with Crippen molar-refractivity contribution in [3.05, 3.63) is 0 Å². The van der Waals surface area contributed by atoms with Crippen LogP contribution in [-0.2, 0) is 0 Å². The average Bonchev–Trinajstić information content (AvgIpc) is 2.77. The Balaban J connectivity index is 1.66. The number of aliphatic hydroxyl groups excluding tert-OH is 3. The van der Waals surface area contributed by atoms with Gasteiger partial charge in [-0.1, -0.05) is 13.8 Å². The van der Waals surface area contributed by atoms with Crippen molar-refractivity contribution in [1.82, 2.24) is 0 Å². The number of aliphatic hydroxyl groups is 3. The van der Waals surface area contributed by atoms with Crippen molar-refractivity contribution in [3.63, 3.8) is 0 Å². The fourth-order valence-electron chi connectivity index (χ4n) is 7.27. The summed E-state index contributed by atoms with van der Waals surface area (Å²) in [6.07, 6.45) is 7.41. The zero-order chi connectivity index (χ0) is 15.7. The predicted octanol–water partition coefficient (Wildman–Crippen LogP) is 2.72. The largest absolute Gasteiger partial charge is 0.393 e. The summed E-state index contributed by atoms with van der Waals surface area (Å²) in [5, 5.41) is 31.4. The quantitative estimate of drug-likeness (QED) is 0.645. The molecule has 4 fully saturated rings. The van der Waals surface area contributed by atoms with Crippen LogP contribution in [0, 0.1) is 34.5 Å². The molecule has 126 valence electrons. The van der Waals surface area contributed by atoms with E-state index in [9.17, 15) is 15.3 Å². The van der Waals surface area contributed by atoms with Crippen LogP contribution in [0.1, 0.15) is 65.2 Å². The zero-order valence-electron chi connectivity index (χ0n) is 14.0. The molecule has 0 saturated heterocycles. The summed E-state index contributed by atoms with van der Waals surface area (Å²) >= 11 is 0. The van der Waals surface area contributed by atoms with Crippen molar-refractivity contribution in [2.75, 3.05) is 0 Å². The summed E-state index contributed by atoms with van der Waals surface area (Å²) in [6.45, 7) is 4.61. The maximum absolute atomic E-state index is 10.8. The summed E-state index contributed by atoms with van der Waals surface area (Å²) in [6, 6.07) is 0. The highest BCUT2D eigenvalue weighted by Crippen LogP contribution is 2.66. The standard InChI is InChI=1S/C19H32O3/c1-18-8-7-15-13(14(18)5-6-16(18)21)4-3-11-9-12(20)10-17(22)19(11,15)2/h11-17,20-22H,3-10H2,1-2H3/t11-,12+,13-,14-,15-,16-,17-,18-,19-/m0/s1. The van der Waals surface area contributed by atoms with E-state index < -0.39 is 0 Å². The molecule has 0 unspecified atom stereocenters. The number of hydrogen-bond donors (Lipinski definition) is 3. The highest BCUT2D eigenvalue weighted by molar-refractivity contribution is 5.11. The first kappa shape index (κ1) is 15.4. The minimum absolute atomic E-state index is 0.0168. The Kier molecular flexibility index (Phi) is 3.46. The van der Waals surface area contributed by atoms with E-state index in [1.54, 1.807) is 0 Å². The van der Waals surface area contributed by atoms with Gasteiger partial charge in [0.05, 0.1) is 18.3 Å². The Labute approximate surface area is 134 Å². The molecule has 4 rings (SSSR count). The molecule has 0 aromatic heterocycles. The molecule has 0 heterocycles. The molecule has 3 N–H and O–H groups in total. The van der Waals surface area contributed by atoms with E-state index in [0.29, 0.717) is 30.1 Å². The van der Waals surface area contributed by atoms with E-state index >= 15 is 0 Å². The number of rotatable bonds is 0. The molecule has 0 bridgehead atoms. The lowest BCUT2D eigenvalue weighted by atomic mass is 9.44. The van der Waals surface area contributed by atoms with Crippen LogP contribution in [0.2, 0.25) is 0 Å². The van der Waals surface area contributed by atoms with Gasteiger partial charge in [-0.15, -0.1) is 0 Å². The highest BCUT2D eigenvalue weighted by Gasteiger charge is 2.62. The minimum Gasteiger partial charge on any atom is -0.393 e. The van der Waals surface area contributed by atoms with Gasteiger partial charge < -0.3 is 15.3 Å². The second-order valence-electron chi connectivity index (χ2n) is 9.30. The van der Waals surface area contributed by atoms with E-state index in [1.165, 1.54) is 6.42 Å². The Morgan fingerprint density at radius 2 is 1.55 bits per heavy atom. The molecule has 0 aromatic carbocycles. The molecular formula is C19H32O3. The first-order chi connectivity index (χ1) is 10.4. The second kappa shape index (κ2) is 4.94. The normalized spacial score (nSPS) is 61.2. The molecular weight excluding hydrogens is 276 g/mol. The second-order valence-corrected chi connectivity index (χ2v) is 9.30. The van der Waals surface area contributed by atoms with Crippen LogP contribution in [0.3, 0.4) is 0 Å². The van der Waals surface area contributed by atoms with Crippen molar-refractivity contribution < 1.29 is 15.3 Å². The lowest BCUT2D eigenvalue weighted by molar-refractivity contribution is -0.183. The molecule has 0 radical (unpaired) electrons. The van der Waals surface area contributed by atoms with Gasteiger partial charge in [-0.05, 0) is 85.9 Å². The van der Waals surface area contributed by atoms with Crippen LogP contribution in [0.5, 0.6) is 0 Å². The van der Waals surface area contributed by atoms with Gasteiger partial charge in [0.25, 0.3) is 0 Å². The van der Waals surface area contributed by atoms with E-state index in [4.69, 9.17) is 0 Å². The van der Waals surface area contributed by atoms with Gasteiger partial charge >= 0.3 is 0 Å². The Morgan fingerprint density at radius 3 is 2.32 bits per heavy atom. The van der Waals surface area contributed by atoms with Gasteiger partial charge in [0, 0.05) is 0 Å². The zero-order valence-corrected chi connectivity index (χ0v) is 14.0. The molecule has 4 aliphatic carbocycles. The summed E-state index contributed by atoms with van der Waals surface area (Å²) < 4.78 is 0. The first-order valence-electron chi connectivity index (χ1n) is 9.41. The molecule has 0 aromatic rings. The van der Waals surface area contributed by atoms with Gasteiger partial charge in [0.2, 0.25) is 0 Å². The van der Waals surface area contributed by atoms with E-state index in [1.807, 2.05) is 0 Å². The average molecular weight is 308 g/mol. The fraction of sp³-hybridized carbons (Fsp3) is 1.00. The van der Waals surface area contributed by atoms with Gasteiger partial charge in [-0.2, -0.15) is 0 Å². The van der Waals surface area contributed by atoms with Crippen LogP contribution in [0.4, 0.5) is 0 Å². The van der Waals surface area contributed by atoms with Gasteiger partial charge in [-0.3, -0.25) is 0 Å². The van der Waals surface area contributed by atoms with Crippen LogP contribution in [-0.4, -0.2) is 33.6 Å². The van der Waals surface area contributed by atoms with Crippen LogP contribution >= 0.6 is 0 Å². The Bertz CT molecular complexity index is 452. The fourth-order valence-corrected chi connectivity index (χ4v) is 7.27. The molecule has 4 saturated carbocycles. The van der Waals surface area contributed by atoms with Gasteiger partial charge in [-0.25, -0.2) is 0 Å². The van der Waals surface area contributed by atoms with E-state index in [-0.39, 0.29) is 29.1 Å². The van der Waals surface area contributed by atoms with E-state index in [0.717, 1.165) is 38.5 Å². The lowest BCUT2D eigenvalue weighted by Crippen LogP contribution is -2.59. The maximum atomic E-state index is 10.8. The lowest BCUT2D eigenvalue weighted by Gasteiger charge is -2.62. The first-order valence-corrected chi connectivity index (χ1v) is 9.41. The molecule has 9 atom stereocenters. The number of hydrogen-bond acceptors (Lipinski definition) is 3. The summed E-state index contributed by atoms with van der Waals surface area (Å²) in [5.41, 5.74) is 0.0977. The van der Waals surface area contributed by atoms with Crippen molar-refractivity contribution in [1.29, 1.82) is 0 Å².